The van der Waals surface area contributed by atoms with Gasteiger partial charge in [0.1, 0.15) is 6.54 Å². The maximum atomic E-state index is 13.0. The molecule has 7 heteroatoms. The topological polar surface area (TPSA) is 67.2 Å². The van der Waals surface area contributed by atoms with Crippen LogP contribution in [0.25, 0.3) is 16.9 Å². The van der Waals surface area contributed by atoms with E-state index in [4.69, 9.17) is 11.6 Å². The molecule has 0 unspecified atom stereocenters. The molecule has 0 radical (unpaired) electrons. The first-order chi connectivity index (χ1) is 16.6. The Bertz CT molecular complexity index is 1300. The lowest BCUT2D eigenvalue weighted by molar-refractivity contribution is -0.116. The number of rotatable bonds is 8. The Kier molecular flexibility index (Phi) is 7.20. The smallest absolute Gasteiger partial charge is 0.256 e. The van der Waals surface area contributed by atoms with Gasteiger partial charge in [0.2, 0.25) is 11.9 Å². The van der Waals surface area contributed by atoms with E-state index in [1.54, 1.807) is 30.3 Å². The average Bonchev–Trinajstić information content (AvgIpc) is 3.28. The maximum Gasteiger partial charge on any atom is 0.256 e. The quantitative estimate of drug-likeness (QED) is 0.348. The molecule has 1 aromatic heterocycles. The zero-order chi connectivity index (χ0) is 23.9. The lowest BCUT2D eigenvalue weighted by Gasteiger charge is -2.21. The Morgan fingerprint density at radius 2 is 1.62 bits per heavy atom. The molecule has 0 fully saturated rings. The Balaban J connectivity index is 1.60. The van der Waals surface area contributed by atoms with E-state index in [-0.39, 0.29) is 24.9 Å². The van der Waals surface area contributed by atoms with Gasteiger partial charge in [-0.25, -0.2) is 4.98 Å². The molecular weight excluding hydrogens is 448 g/mol. The lowest BCUT2D eigenvalue weighted by Crippen LogP contribution is -2.38. The van der Waals surface area contributed by atoms with E-state index in [9.17, 15) is 9.59 Å². The van der Waals surface area contributed by atoms with Crippen LogP contribution < -0.4 is 5.32 Å². The van der Waals surface area contributed by atoms with Crippen LogP contribution in [0.5, 0.6) is 0 Å². The van der Waals surface area contributed by atoms with Crippen LogP contribution in [0.1, 0.15) is 10.4 Å². The number of para-hydroxylation sites is 1. The van der Waals surface area contributed by atoms with Crippen molar-refractivity contribution < 1.29 is 9.59 Å². The number of benzene rings is 3. The van der Waals surface area contributed by atoms with Crippen LogP contribution in [0.4, 0.5) is 5.95 Å². The van der Waals surface area contributed by atoms with Crippen LogP contribution in [-0.2, 0) is 4.79 Å². The fourth-order valence-electron chi connectivity index (χ4n) is 3.52. The third-order valence-electron chi connectivity index (χ3n) is 5.14. The molecule has 0 bridgehead atoms. The van der Waals surface area contributed by atoms with Crippen LogP contribution in [0, 0.1) is 0 Å². The summed E-state index contributed by atoms with van der Waals surface area (Å²) < 4.78 is 1.81. The van der Waals surface area contributed by atoms with Gasteiger partial charge in [0, 0.05) is 24.0 Å². The SMILES string of the molecule is C=CCN(CC(=O)Nc1nc(-c2ccccc2)cn1-c1ccccc1)C(=O)c1ccccc1Cl. The summed E-state index contributed by atoms with van der Waals surface area (Å²) in [4.78, 5) is 32.1. The van der Waals surface area contributed by atoms with E-state index in [0.717, 1.165) is 16.9 Å². The summed E-state index contributed by atoms with van der Waals surface area (Å²) in [6.07, 6.45) is 3.44. The van der Waals surface area contributed by atoms with E-state index in [2.05, 4.69) is 16.9 Å². The van der Waals surface area contributed by atoms with Gasteiger partial charge in [0.15, 0.2) is 0 Å². The van der Waals surface area contributed by atoms with E-state index >= 15 is 0 Å². The second-order valence-electron chi connectivity index (χ2n) is 7.52. The molecule has 0 aliphatic rings. The molecule has 1 N–H and O–H groups in total. The second-order valence-corrected chi connectivity index (χ2v) is 7.93. The molecule has 0 aliphatic heterocycles. The highest BCUT2D eigenvalue weighted by molar-refractivity contribution is 6.33. The van der Waals surface area contributed by atoms with Gasteiger partial charge in [0.05, 0.1) is 16.3 Å². The minimum absolute atomic E-state index is 0.182. The summed E-state index contributed by atoms with van der Waals surface area (Å²) in [6, 6.07) is 26.1. The number of imidazole rings is 1. The van der Waals surface area contributed by atoms with Gasteiger partial charge in [0.25, 0.3) is 5.91 Å². The molecule has 0 saturated heterocycles. The Morgan fingerprint density at radius 1 is 0.971 bits per heavy atom. The minimum atomic E-state index is -0.385. The molecule has 34 heavy (non-hydrogen) atoms. The predicted octanol–water partition coefficient (Wildman–Crippen LogP) is 5.46. The van der Waals surface area contributed by atoms with Crippen molar-refractivity contribution in [1.29, 1.82) is 0 Å². The minimum Gasteiger partial charge on any atom is -0.326 e. The molecule has 0 saturated carbocycles. The molecule has 0 aliphatic carbocycles. The Hall–Kier alpha value is -4.16. The number of carbonyl (C=O) groups is 2. The highest BCUT2D eigenvalue weighted by atomic mass is 35.5. The summed E-state index contributed by atoms with van der Waals surface area (Å²) >= 11 is 6.19. The summed E-state index contributed by atoms with van der Waals surface area (Å²) in [5.74, 6) is -0.375. The molecule has 2 amide bonds. The van der Waals surface area contributed by atoms with Crippen LogP contribution in [0.15, 0.2) is 104 Å². The predicted molar refractivity (Wildman–Crippen MR) is 135 cm³/mol. The third-order valence-corrected chi connectivity index (χ3v) is 5.47. The maximum absolute atomic E-state index is 13.0. The van der Waals surface area contributed by atoms with Gasteiger partial charge >= 0.3 is 0 Å². The van der Waals surface area contributed by atoms with Gasteiger partial charge in [-0.15, -0.1) is 6.58 Å². The van der Waals surface area contributed by atoms with Gasteiger partial charge in [-0.3, -0.25) is 19.5 Å². The van der Waals surface area contributed by atoms with Crippen molar-refractivity contribution in [3.05, 3.63) is 114 Å². The highest BCUT2D eigenvalue weighted by Gasteiger charge is 2.21. The molecular formula is C27H23ClN4O2. The number of carbonyl (C=O) groups excluding carboxylic acids is 2. The van der Waals surface area contributed by atoms with Gasteiger partial charge < -0.3 is 4.90 Å². The Morgan fingerprint density at radius 3 is 2.29 bits per heavy atom. The average molecular weight is 471 g/mol. The molecule has 4 aromatic rings. The first-order valence-corrected chi connectivity index (χ1v) is 11.1. The van der Waals surface area contributed by atoms with Gasteiger partial charge in [-0.2, -0.15) is 0 Å². The largest absolute Gasteiger partial charge is 0.326 e. The highest BCUT2D eigenvalue weighted by Crippen LogP contribution is 2.24. The molecule has 170 valence electrons. The zero-order valence-electron chi connectivity index (χ0n) is 18.4. The number of hydrogen-bond donors (Lipinski definition) is 1. The monoisotopic (exact) mass is 470 g/mol. The fraction of sp³-hybridized carbons (Fsp3) is 0.0741. The molecule has 1 heterocycles. The molecule has 0 spiro atoms. The number of nitrogens with zero attached hydrogens (tertiary/aromatic N) is 3. The first-order valence-electron chi connectivity index (χ1n) is 10.7. The van der Waals surface area contributed by atoms with E-state index in [0.29, 0.717) is 16.5 Å². The number of anilines is 1. The van der Waals surface area contributed by atoms with Crippen LogP contribution in [0.2, 0.25) is 5.02 Å². The van der Waals surface area contributed by atoms with Gasteiger partial charge in [-0.1, -0.05) is 78.3 Å². The number of nitrogens with one attached hydrogen (secondary N) is 1. The van der Waals surface area contributed by atoms with Crippen molar-refractivity contribution in [2.45, 2.75) is 0 Å². The van der Waals surface area contributed by atoms with E-state index in [1.807, 2.05) is 71.4 Å². The van der Waals surface area contributed by atoms with Crippen molar-refractivity contribution in [3.63, 3.8) is 0 Å². The standard InChI is InChI=1S/C27H23ClN4O2/c1-2-17-31(26(34)22-15-9-10-16-23(22)28)19-25(33)30-27-29-24(20-11-5-3-6-12-20)18-32(27)21-13-7-4-8-14-21/h2-16,18H,1,17,19H2,(H,29,30,33). The summed E-state index contributed by atoms with van der Waals surface area (Å²) in [6.45, 7) is 3.72. The van der Waals surface area contributed by atoms with Crippen molar-refractivity contribution in [2.75, 3.05) is 18.4 Å². The fourth-order valence-corrected chi connectivity index (χ4v) is 3.74. The van der Waals surface area contributed by atoms with Crippen LogP contribution >= 0.6 is 11.6 Å². The first kappa shape index (κ1) is 23.0. The number of amides is 2. The lowest BCUT2D eigenvalue weighted by atomic mass is 10.2. The van der Waals surface area contributed by atoms with Crippen LogP contribution in [-0.4, -0.2) is 39.4 Å². The number of halogens is 1. The van der Waals surface area contributed by atoms with Crippen molar-refractivity contribution in [3.8, 4) is 16.9 Å². The van der Waals surface area contributed by atoms with Gasteiger partial charge in [-0.05, 0) is 24.3 Å². The zero-order valence-corrected chi connectivity index (χ0v) is 19.2. The van der Waals surface area contributed by atoms with E-state index < -0.39 is 0 Å². The number of hydrogen-bond acceptors (Lipinski definition) is 3. The van der Waals surface area contributed by atoms with Crippen molar-refractivity contribution >= 4 is 29.4 Å². The van der Waals surface area contributed by atoms with Crippen molar-refractivity contribution in [1.82, 2.24) is 14.5 Å². The molecule has 0 atom stereocenters. The second kappa shape index (κ2) is 10.6. The number of aromatic nitrogens is 2. The third kappa shape index (κ3) is 5.24. The van der Waals surface area contributed by atoms with E-state index in [1.165, 1.54) is 4.90 Å². The Labute approximate surface area is 203 Å². The summed E-state index contributed by atoms with van der Waals surface area (Å²) in [5.41, 5.74) is 2.82. The molecule has 4 rings (SSSR count). The molecule has 3 aromatic carbocycles. The normalized spacial score (nSPS) is 10.5. The van der Waals surface area contributed by atoms with Crippen LogP contribution in [0.3, 0.4) is 0 Å². The van der Waals surface area contributed by atoms with Crippen molar-refractivity contribution in [2.24, 2.45) is 0 Å². The summed E-state index contributed by atoms with van der Waals surface area (Å²) in [7, 11) is 0. The summed E-state index contributed by atoms with van der Waals surface area (Å²) in [5, 5.41) is 3.19. The molecule has 6 nitrogen and oxygen atoms in total.